The van der Waals surface area contributed by atoms with E-state index in [-0.39, 0.29) is 12.2 Å². The number of hydrogen-bond acceptors (Lipinski definition) is 3. The van der Waals surface area contributed by atoms with Crippen LogP contribution < -0.4 is 0 Å². The fourth-order valence-electron chi connectivity index (χ4n) is 1.77. The number of benzene rings is 1. The number of aliphatic hydroxyl groups is 1. The first kappa shape index (κ1) is 10.1. The van der Waals surface area contributed by atoms with Gasteiger partial charge in [0.1, 0.15) is 5.60 Å². The van der Waals surface area contributed by atoms with Gasteiger partial charge in [-0.2, -0.15) is 0 Å². The number of fused-ring (bicyclic) bond motifs is 1. The largest absolute Gasteiger partial charge is 0.478 e. The second-order valence-corrected chi connectivity index (χ2v) is 3.94. The molecule has 0 spiro atoms. The maximum absolute atomic E-state index is 10.8. The van der Waals surface area contributed by atoms with Gasteiger partial charge in [0.25, 0.3) is 0 Å². The van der Waals surface area contributed by atoms with Gasteiger partial charge in [-0.1, -0.05) is 6.07 Å². The average molecular weight is 208 g/mol. The van der Waals surface area contributed by atoms with Crippen molar-refractivity contribution >= 4 is 5.97 Å². The number of carboxylic acid groups (broad SMARTS) is 1. The number of aromatic carboxylic acids is 1. The number of carboxylic acids is 1. The van der Waals surface area contributed by atoms with Gasteiger partial charge < -0.3 is 14.9 Å². The molecule has 0 bridgehead atoms. The zero-order valence-electron chi connectivity index (χ0n) is 8.36. The van der Waals surface area contributed by atoms with Crippen LogP contribution in [-0.4, -0.2) is 22.8 Å². The predicted octanol–water partition coefficient (Wildman–Crippen LogP) is 1.12. The maximum Gasteiger partial charge on any atom is 0.335 e. The normalized spacial score (nSPS) is 24.7. The Kier molecular flexibility index (Phi) is 2.25. The fraction of sp³-hybridized carbons (Fsp3) is 0.364. The summed E-state index contributed by atoms with van der Waals surface area (Å²) in [6, 6.07) is 4.72. The first-order valence-electron chi connectivity index (χ1n) is 4.67. The Bertz CT molecular complexity index is 409. The Labute approximate surface area is 87.1 Å². The molecule has 1 aliphatic rings. The molecular formula is C11H12O4. The maximum atomic E-state index is 10.8. The smallest absolute Gasteiger partial charge is 0.335 e. The van der Waals surface area contributed by atoms with E-state index < -0.39 is 11.6 Å². The van der Waals surface area contributed by atoms with E-state index >= 15 is 0 Å². The number of hydrogen-bond donors (Lipinski definition) is 2. The van der Waals surface area contributed by atoms with E-state index in [0.717, 1.165) is 5.56 Å². The standard InChI is InChI=1S/C11H12O4/c1-11(14)6-15-5-8-3-2-7(10(12)13)4-9(8)11/h2-4,14H,5-6H2,1H3,(H,12,13)/t11-/m0/s1. The second kappa shape index (κ2) is 3.32. The fourth-order valence-corrected chi connectivity index (χ4v) is 1.77. The number of carbonyl (C=O) groups is 1. The second-order valence-electron chi connectivity index (χ2n) is 3.94. The van der Waals surface area contributed by atoms with Crippen LogP contribution in [0.3, 0.4) is 0 Å². The SMILES string of the molecule is C[C@]1(O)COCc2ccc(C(=O)O)cc21. The molecule has 2 rings (SSSR count). The van der Waals surface area contributed by atoms with Crippen molar-refractivity contribution in [1.82, 2.24) is 0 Å². The molecule has 1 heterocycles. The Hall–Kier alpha value is -1.39. The van der Waals surface area contributed by atoms with E-state index in [1.54, 1.807) is 13.0 Å². The molecule has 0 amide bonds. The summed E-state index contributed by atoms with van der Waals surface area (Å²) in [6.45, 7) is 2.24. The molecule has 80 valence electrons. The molecule has 1 atom stereocenters. The minimum absolute atomic E-state index is 0.191. The van der Waals surface area contributed by atoms with Crippen molar-refractivity contribution in [3.8, 4) is 0 Å². The first-order valence-corrected chi connectivity index (χ1v) is 4.67. The highest BCUT2D eigenvalue weighted by Gasteiger charge is 2.30. The van der Waals surface area contributed by atoms with E-state index in [1.165, 1.54) is 12.1 Å². The lowest BCUT2D eigenvalue weighted by atomic mass is 9.89. The molecule has 4 heteroatoms. The summed E-state index contributed by atoms with van der Waals surface area (Å²) in [5, 5.41) is 18.9. The molecule has 0 fully saturated rings. The van der Waals surface area contributed by atoms with Crippen LogP contribution >= 0.6 is 0 Å². The van der Waals surface area contributed by atoms with Crippen molar-refractivity contribution in [3.63, 3.8) is 0 Å². The van der Waals surface area contributed by atoms with E-state index in [4.69, 9.17) is 9.84 Å². The van der Waals surface area contributed by atoms with Crippen molar-refractivity contribution in [2.75, 3.05) is 6.61 Å². The molecule has 0 unspecified atom stereocenters. The molecule has 0 aromatic heterocycles. The number of rotatable bonds is 1. The third-order valence-electron chi connectivity index (χ3n) is 2.58. The van der Waals surface area contributed by atoms with Crippen LogP contribution in [0.15, 0.2) is 18.2 Å². The van der Waals surface area contributed by atoms with Crippen molar-refractivity contribution in [2.24, 2.45) is 0 Å². The van der Waals surface area contributed by atoms with Crippen LogP contribution in [0.5, 0.6) is 0 Å². The summed E-state index contributed by atoms with van der Waals surface area (Å²) >= 11 is 0. The Morgan fingerprint density at radius 1 is 1.53 bits per heavy atom. The lowest BCUT2D eigenvalue weighted by Crippen LogP contribution is -2.33. The van der Waals surface area contributed by atoms with Crippen LogP contribution in [0.4, 0.5) is 0 Å². The van der Waals surface area contributed by atoms with Gasteiger partial charge in [0.2, 0.25) is 0 Å². The zero-order chi connectivity index (χ0) is 11.1. The van der Waals surface area contributed by atoms with Crippen LogP contribution in [-0.2, 0) is 16.9 Å². The van der Waals surface area contributed by atoms with Gasteiger partial charge in [-0.25, -0.2) is 4.79 Å². The van der Waals surface area contributed by atoms with Crippen molar-refractivity contribution in [2.45, 2.75) is 19.1 Å². The molecule has 15 heavy (non-hydrogen) atoms. The molecule has 4 nitrogen and oxygen atoms in total. The van der Waals surface area contributed by atoms with Crippen LogP contribution in [0.1, 0.15) is 28.4 Å². The third-order valence-corrected chi connectivity index (χ3v) is 2.58. The minimum Gasteiger partial charge on any atom is -0.478 e. The predicted molar refractivity (Wildman–Crippen MR) is 52.6 cm³/mol. The van der Waals surface area contributed by atoms with E-state index in [1.807, 2.05) is 0 Å². The monoisotopic (exact) mass is 208 g/mol. The summed E-state index contributed by atoms with van der Waals surface area (Å²) < 4.78 is 5.21. The molecule has 1 aromatic carbocycles. The summed E-state index contributed by atoms with van der Waals surface area (Å²) in [6.07, 6.45) is 0. The van der Waals surface area contributed by atoms with Crippen molar-refractivity contribution < 1.29 is 19.7 Å². The highest BCUT2D eigenvalue weighted by atomic mass is 16.5. The highest BCUT2D eigenvalue weighted by Crippen LogP contribution is 2.30. The van der Waals surface area contributed by atoms with E-state index in [9.17, 15) is 9.90 Å². The van der Waals surface area contributed by atoms with Crippen LogP contribution in [0.2, 0.25) is 0 Å². The Morgan fingerprint density at radius 2 is 2.27 bits per heavy atom. The Morgan fingerprint density at radius 3 is 2.93 bits per heavy atom. The lowest BCUT2D eigenvalue weighted by molar-refractivity contribution is -0.0603. The van der Waals surface area contributed by atoms with Gasteiger partial charge in [0, 0.05) is 0 Å². The average Bonchev–Trinajstić information content (AvgIpc) is 2.17. The van der Waals surface area contributed by atoms with Crippen LogP contribution in [0, 0.1) is 0 Å². The topological polar surface area (TPSA) is 66.8 Å². The number of ether oxygens (including phenoxy) is 1. The molecule has 1 aromatic rings. The van der Waals surface area contributed by atoms with Crippen molar-refractivity contribution in [1.29, 1.82) is 0 Å². The Balaban J connectivity index is 2.53. The summed E-state index contributed by atoms with van der Waals surface area (Å²) in [7, 11) is 0. The highest BCUT2D eigenvalue weighted by molar-refractivity contribution is 5.88. The van der Waals surface area contributed by atoms with Gasteiger partial charge in [-0.3, -0.25) is 0 Å². The lowest BCUT2D eigenvalue weighted by Gasteiger charge is -2.31. The van der Waals surface area contributed by atoms with Crippen molar-refractivity contribution in [3.05, 3.63) is 34.9 Å². The third kappa shape index (κ3) is 1.73. The van der Waals surface area contributed by atoms with Crippen LogP contribution in [0.25, 0.3) is 0 Å². The summed E-state index contributed by atoms with van der Waals surface area (Å²) in [5.74, 6) is -0.986. The van der Waals surface area contributed by atoms with Gasteiger partial charge >= 0.3 is 5.97 Å². The molecule has 1 aliphatic heterocycles. The molecular weight excluding hydrogens is 196 g/mol. The summed E-state index contributed by atoms with van der Waals surface area (Å²) in [5.41, 5.74) is 0.583. The van der Waals surface area contributed by atoms with Gasteiger partial charge in [-0.05, 0) is 30.2 Å². The van der Waals surface area contributed by atoms with Gasteiger partial charge in [0.05, 0.1) is 18.8 Å². The van der Waals surface area contributed by atoms with Gasteiger partial charge in [-0.15, -0.1) is 0 Å². The molecule has 0 saturated carbocycles. The van der Waals surface area contributed by atoms with E-state index in [2.05, 4.69) is 0 Å². The van der Waals surface area contributed by atoms with E-state index in [0.29, 0.717) is 12.2 Å². The minimum atomic E-state index is -1.10. The first-order chi connectivity index (χ1) is 7.00. The molecule has 0 radical (unpaired) electrons. The molecule has 0 saturated heterocycles. The quantitative estimate of drug-likeness (QED) is 0.725. The van der Waals surface area contributed by atoms with Gasteiger partial charge in [0.15, 0.2) is 0 Å². The molecule has 0 aliphatic carbocycles. The summed E-state index contributed by atoms with van der Waals surface area (Å²) in [4.78, 5) is 10.8. The zero-order valence-corrected chi connectivity index (χ0v) is 8.36. The molecule has 2 N–H and O–H groups in total.